The molecule has 20 heavy (non-hydrogen) atoms. The molecule has 1 aromatic carbocycles. The lowest BCUT2D eigenvalue weighted by Gasteiger charge is -2.20. The zero-order valence-electron chi connectivity index (χ0n) is 11.2. The van der Waals surface area contributed by atoms with E-state index >= 15 is 0 Å². The predicted octanol–water partition coefficient (Wildman–Crippen LogP) is 1.53. The molecule has 1 heterocycles. The Bertz CT molecular complexity index is 526. The lowest BCUT2D eigenvalue weighted by Crippen LogP contribution is -2.26. The summed E-state index contributed by atoms with van der Waals surface area (Å²) in [6, 6.07) is 4.08. The summed E-state index contributed by atoms with van der Waals surface area (Å²) in [4.78, 5) is 21.7. The minimum atomic E-state index is -0.611. The summed E-state index contributed by atoms with van der Waals surface area (Å²) in [7, 11) is 0. The number of benzene rings is 1. The van der Waals surface area contributed by atoms with Crippen LogP contribution in [0.3, 0.4) is 0 Å². The van der Waals surface area contributed by atoms with Crippen molar-refractivity contribution in [3.63, 3.8) is 0 Å². The molecule has 7 heteroatoms. The average molecular weight is 279 g/mol. The molecule has 2 rings (SSSR count). The lowest BCUT2D eigenvalue weighted by molar-refractivity contribution is -0.384. The Morgan fingerprint density at radius 2 is 2.35 bits per heavy atom. The smallest absolute Gasteiger partial charge is 0.292 e. The van der Waals surface area contributed by atoms with Gasteiger partial charge in [-0.3, -0.25) is 14.9 Å². The Balaban J connectivity index is 2.24. The third kappa shape index (κ3) is 3.05. The van der Waals surface area contributed by atoms with Crippen LogP contribution in [0.4, 0.5) is 11.4 Å². The molecule has 3 N–H and O–H groups in total. The fraction of sp³-hybridized carbons (Fsp3) is 0.462. The number of nitrogens with two attached hydrogens (primary N) is 1. The molecule has 1 aliphatic heterocycles. The van der Waals surface area contributed by atoms with Crippen LogP contribution in [0, 0.1) is 16.0 Å². The first-order valence-electron chi connectivity index (χ1n) is 6.41. The van der Waals surface area contributed by atoms with Gasteiger partial charge in [-0.15, -0.1) is 0 Å². The minimum Gasteiger partial charge on any atom is -0.381 e. The van der Waals surface area contributed by atoms with Gasteiger partial charge in [0, 0.05) is 30.2 Å². The van der Waals surface area contributed by atoms with E-state index in [4.69, 9.17) is 10.5 Å². The normalized spacial score (nSPS) is 19.6. The molecule has 0 saturated carbocycles. The maximum Gasteiger partial charge on any atom is 0.292 e. The number of carbonyl (C=O) groups excluding carboxylic acids is 1. The van der Waals surface area contributed by atoms with Crippen LogP contribution in [-0.4, -0.2) is 30.1 Å². The van der Waals surface area contributed by atoms with Crippen molar-refractivity contribution in [1.82, 2.24) is 0 Å². The summed E-state index contributed by atoms with van der Waals surface area (Å²) in [5, 5.41) is 14.1. The molecule has 0 spiro atoms. The van der Waals surface area contributed by atoms with Gasteiger partial charge in [-0.05, 0) is 25.5 Å². The maximum absolute atomic E-state index is 11.2. The number of amides is 1. The van der Waals surface area contributed by atoms with Crippen molar-refractivity contribution >= 4 is 17.3 Å². The quantitative estimate of drug-likeness (QED) is 0.627. The first-order valence-corrected chi connectivity index (χ1v) is 6.41. The molecule has 1 aromatic rings. The van der Waals surface area contributed by atoms with Crippen LogP contribution in [0.5, 0.6) is 0 Å². The number of hydrogen-bond acceptors (Lipinski definition) is 5. The Morgan fingerprint density at radius 3 is 2.90 bits per heavy atom. The van der Waals surface area contributed by atoms with Gasteiger partial charge in [-0.1, -0.05) is 0 Å². The Hall–Kier alpha value is -2.15. The summed E-state index contributed by atoms with van der Waals surface area (Å²) >= 11 is 0. The van der Waals surface area contributed by atoms with Crippen LogP contribution in [0.2, 0.25) is 0 Å². The zero-order valence-corrected chi connectivity index (χ0v) is 11.2. The van der Waals surface area contributed by atoms with Crippen LogP contribution < -0.4 is 11.1 Å². The summed E-state index contributed by atoms with van der Waals surface area (Å²) in [6.07, 6.45) is 0.914. The number of carbonyl (C=O) groups is 1. The van der Waals surface area contributed by atoms with E-state index in [0.29, 0.717) is 24.8 Å². The van der Waals surface area contributed by atoms with E-state index < -0.39 is 10.8 Å². The van der Waals surface area contributed by atoms with Gasteiger partial charge >= 0.3 is 0 Å². The second kappa shape index (κ2) is 5.87. The number of anilines is 1. The highest BCUT2D eigenvalue weighted by molar-refractivity contribution is 5.94. The van der Waals surface area contributed by atoms with E-state index in [1.165, 1.54) is 18.2 Å². The second-order valence-corrected chi connectivity index (χ2v) is 4.91. The molecule has 1 saturated heterocycles. The lowest BCUT2D eigenvalue weighted by atomic mass is 10.00. The SMILES string of the molecule is CC(Nc1cc(C(N)=O)ccc1[N+](=O)[O-])C1CCOC1. The van der Waals surface area contributed by atoms with Crippen LogP contribution in [-0.2, 0) is 4.74 Å². The van der Waals surface area contributed by atoms with Crippen LogP contribution in [0.1, 0.15) is 23.7 Å². The van der Waals surface area contributed by atoms with Crippen molar-refractivity contribution in [3.8, 4) is 0 Å². The largest absolute Gasteiger partial charge is 0.381 e. The fourth-order valence-corrected chi connectivity index (χ4v) is 2.27. The highest BCUT2D eigenvalue weighted by atomic mass is 16.6. The monoisotopic (exact) mass is 279 g/mol. The summed E-state index contributed by atoms with van der Waals surface area (Å²) in [5.74, 6) is -0.313. The van der Waals surface area contributed by atoms with E-state index in [0.717, 1.165) is 6.42 Å². The molecule has 0 radical (unpaired) electrons. The third-order valence-corrected chi connectivity index (χ3v) is 3.53. The van der Waals surface area contributed by atoms with Crippen molar-refractivity contribution < 1.29 is 14.5 Å². The van der Waals surface area contributed by atoms with Crippen molar-refractivity contribution in [2.24, 2.45) is 11.7 Å². The first-order chi connectivity index (χ1) is 9.49. The number of hydrogen-bond donors (Lipinski definition) is 2. The van der Waals surface area contributed by atoms with E-state index in [-0.39, 0.29) is 17.3 Å². The summed E-state index contributed by atoms with van der Waals surface area (Å²) in [6.45, 7) is 3.29. The number of ether oxygens (including phenoxy) is 1. The molecule has 2 unspecified atom stereocenters. The molecule has 1 amide bonds. The first kappa shape index (κ1) is 14.3. The maximum atomic E-state index is 11.2. The van der Waals surface area contributed by atoms with Gasteiger partial charge in [-0.2, -0.15) is 0 Å². The zero-order chi connectivity index (χ0) is 14.7. The molecule has 108 valence electrons. The number of nitro benzene ring substituents is 1. The van der Waals surface area contributed by atoms with E-state index in [1.807, 2.05) is 6.92 Å². The van der Waals surface area contributed by atoms with Crippen molar-refractivity contribution in [1.29, 1.82) is 0 Å². The highest BCUT2D eigenvalue weighted by Gasteiger charge is 2.25. The van der Waals surface area contributed by atoms with Gasteiger partial charge in [-0.25, -0.2) is 0 Å². The van der Waals surface area contributed by atoms with Gasteiger partial charge in [0.2, 0.25) is 5.91 Å². The van der Waals surface area contributed by atoms with Crippen LogP contribution in [0.25, 0.3) is 0 Å². The average Bonchev–Trinajstić information content (AvgIpc) is 2.92. The number of nitro groups is 1. The highest BCUT2D eigenvalue weighted by Crippen LogP contribution is 2.28. The predicted molar refractivity (Wildman–Crippen MR) is 73.6 cm³/mol. The number of rotatable bonds is 5. The summed E-state index contributed by atoms with van der Waals surface area (Å²) < 4.78 is 5.31. The standard InChI is InChI=1S/C13H17N3O4/c1-8(10-4-5-20-7-10)15-11-6-9(13(14)17)2-3-12(11)16(18)19/h2-3,6,8,10,15H,4-5,7H2,1H3,(H2,14,17). The van der Waals surface area contributed by atoms with Crippen LogP contribution >= 0.6 is 0 Å². The van der Waals surface area contributed by atoms with Crippen LogP contribution in [0.15, 0.2) is 18.2 Å². The molecule has 2 atom stereocenters. The van der Waals surface area contributed by atoms with E-state index in [2.05, 4.69) is 5.32 Å². The molecule has 1 aliphatic rings. The van der Waals surface area contributed by atoms with Gasteiger partial charge in [0.25, 0.3) is 5.69 Å². The molecule has 0 aliphatic carbocycles. The second-order valence-electron chi connectivity index (χ2n) is 4.91. The Labute approximate surface area is 116 Å². The van der Waals surface area contributed by atoms with Gasteiger partial charge in [0.1, 0.15) is 5.69 Å². The number of primary amides is 1. The molecule has 0 aromatic heterocycles. The molecular formula is C13H17N3O4. The number of nitrogens with one attached hydrogen (secondary N) is 1. The number of nitrogens with zero attached hydrogens (tertiary/aromatic N) is 1. The van der Waals surface area contributed by atoms with E-state index in [9.17, 15) is 14.9 Å². The topological polar surface area (TPSA) is 107 Å². The molecular weight excluding hydrogens is 262 g/mol. The third-order valence-electron chi connectivity index (χ3n) is 3.53. The van der Waals surface area contributed by atoms with Crippen molar-refractivity contribution in [2.45, 2.75) is 19.4 Å². The molecule has 0 bridgehead atoms. The van der Waals surface area contributed by atoms with E-state index in [1.54, 1.807) is 0 Å². The summed E-state index contributed by atoms with van der Waals surface area (Å²) in [5.41, 5.74) is 5.69. The molecule has 1 fully saturated rings. The van der Waals surface area contributed by atoms with Gasteiger partial charge < -0.3 is 15.8 Å². The van der Waals surface area contributed by atoms with Gasteiger partial charge in [0.15, 0.2) is 0 Å². The Kier molecular flexibility index (Phi) is 4.19. The Morgan fingerprint density at radius 1 is 1.60 bits per heavy atom. The van der Waals surface area contributed by atoms with Crippen molar-refractivity contribution in [3.05, 3.63) is 33.9 Å². The fourth-order valence-electron chi connectivity index (χ4n) is 2.27. The minimum absolute atomic E-state index is 0.0133. The van der Waals surface area contributed by atoms with Crippen molar-refractivity contribution in [2.75, 3.05) is 18.5 Å². The molecule has 7 nitrogen and oxygen atoms in total. The van der Waals surface area contributed by atoms with Gasteiger partial charge in [0.05, 0.1) is 11.5 Å².